The van der Waals surface area contributed by atoms with Crippen LogP contribution in [0.5, 0.6) is 5.75 Å². The van der Waals surface area contributed by atoms with Crippen molar-refractivity contribution in [2.24, 2.45) is 0 Å². The van der Waals surface area contributed by atoms with Gasteiger partial charge in [0.15, 0.2) is 0 Å². The molecule has 0 aliphatic carbocycles. The Kier molecular flexibility index (Phi) is 12.5. The highest BCUT2D eigenvalue weighted by Crippen LogP contribution is 2.24. The number of rotatable bonds is 11. The molecule has 0 saturated carbocycles. The first-order valence-electron chi connectivity index (χ1n) is 10.1. The van der Waals surface area contributed by atoms with E-state index in [0.29, 0.717) is 6.54 Å². The summed E-state index contributed by atoms with van der Waals surface area (Å²) < 4.78 is 56.5. The van der Waals surface area contributed by atoms with Crippen LogP contribution in [0.25, 0.3) is 6.08 Å². The summed E-state index contributed by atoms with van der Waals surface area (Å²) in [6, 6.07) is 10.9. The van der Waals surface area contributed by atoms with Crippen LogP contribution in [0.4, 0.5) is 0 Å². The van der Waals surface area contributed by atoms with Crippen molar-refractivity contribution in [3.8, 4) is 5.75 Å². The Bertz CT molecular complexity index is 1290. The van der Waals surface area contributed by atoms with Crippen molar-refractivity contribution in [3.05, 3.63) is 83.8 Å². The number of benzene rings is 2. The molecule has 0 heterocycles. The lowest BCUT2D eigenvalue weighted by Crippen LogP contribution is -2.24. The molecule has 0 radical (unpaired) electrons. The van der Waals surface area contributed by atoms with E-state index in [2.05, 4.69) is 28.7 Å². The lowest BCUT2D eigenvalue weighted by Gasteiger charge is -2.10. The van der Waals surface area contributed by atoms with Crippen molar-refractivity contribution < 1.29 is 31.5 Å². The molecule has 0 aromatic heterocycles. The summed E-state index contributed by atoms with van der Waals surface area (Å²) in [6.07, 6.45) is 6.43. The maximum atomic E-state index is 11.9. The molecule has 35 heavy (non-hydrogen) atoms. The number of ether oxygens (including phenoxy) is 1. The molecular formula is C23H28N2O7S3. The molecule has 2 aromatic rings. The van der Waals surface area contributed by atoms with Gasteiger partial charge in [0.2, 0.25) is 20.0 Å². The number of aromatic carboxylic acids is 1. The summed E-state index contributed by atoms with van der Waals surface area (Å²) in [4.78, 5) is 11.3. The molecule has 0 bridgehead atoms. The summed E-state index contributed by atoms with van der Waals surface area (Å²) >= 11 is 4.24. The van der Waals surface area contributed by atoms with Crippen LogP contribution in [0.3, 0.4) is 0 Å². The summed E-state index contributed by atoms with van der Waals surface area (Å²) in [7, 11) is -5.91. The van der Waals surface area contributed by atoms with Gasteiger partial charge in [0.05, 0.1) is 12.7 Å². The number of sulfonamides is 2. The minimum atomic E-state index is -3.83. The molecule has 0 aliphatic rings. The van der Waals surface area contributed by atoms with Crippen LogP contribution in [0.2, 0.25) is 0 Å². The van der Waals surface area contributed by atoms with Gasteiger partial charge in [-0.05, 0) is 42.8 Å². The lowest BCUT2D eigenvalue weighted by molar-refractivity contribution is 0.0696. The first kappa shape index (κ1) is 30.1. The van der Waals surface area contributed by atoms with Crippen LogP contribution in [-0.4, -0.2) is 48.1 Å². The standard InChI is InChI=1S/C12H15NO2S2.C11H13NO5S/c1-2-3-9-13-17(14,15)10-8-11-6-4-5-7-12(11)16;1-3-6-12-18(15,16)10-7-8(11(13)14)4-5-9(10)17-2/h2-8,10,13,16H,9H2,1H3;3-5,7,12H,1,6H2,2H3,(H,13,14)/b3-2-,10-8+;. The summed E-state index contributed by atoms with van der Waals surface area (Å²) in [5.74, 6) is -1.13. The Labute approximate surface area is 211 Å². The Morgan fingerprint density at radius 2 is 1.80 bits per heavy atom. The maximum Gasteiger partial charge on any atom is 0.335 e. The van der Waals surface area contributed by atoms with Crippen molar-refractivity contribution >= 4 is 44.7 Å². The van der Waals surface area contributed by atoms with Gasteiger partial charge in [-0.2, -0.15) is 0 Å². The van der Waals surface area contributed by atoms with E-state index in [9.17, 15) is 21.6 Å². The quantitative estimate of drug-likeness (QED) is 0.253. The zero-order valence-corrected chi connectivity index (χ0v) is 21.7. The van der Waals surface area contributed by atoms with Crippen LogP contribution in [0.1, 0.15) is 22.8 Å². The molecule has 0 atom stereocenters. The van der Waals surface area contributed by atoms with E-state index in [0.717, 1.165) is 21.9 Å². The van der Waals surface area contributed by atoms with Gasteiger partial charge in [-0.25, -0.2) is 31.1 Å². The topological polar surface area (TPSA) is 139 Å². The van der Waals surface area contributed by atoms with Crippen molar-refractivity contribution in [1.29, 1.82) is 0 Å². The second-order valence-electron chi connectivity index (χ2n) is 6.64. The van der Waals surface area contributed by atoms with Crippen LogP contribution in [0, 0.1) is 0 Å². The van der Waals surface area contributed by atoms with E-state index >= 15 is 0 Å². The highest BCUT2D eigenvalue weighted by molar-refractivity contribution is 7.92. The minimum Gasteiger partial charge on any atom is -0.495 e. The molecule has 190 valence electrons. The highest BCUT2D eigenvalue weighted by Gasteiger charge is 2.20. The number of hydrogen-bond donors (Lipinski definition) is 4. The molecule has 0 aliphatic heterocycles. The van der Waals surface area contributed by atoms with E-state index in [4.69, 9.17) is 9.84 Å². The fourth-order valence-electron chi connectivity index (χ4n) is 2.39. The predicted octanol–water partition coefficient (Wildman–Crippen LogP) is 3.30. The molecule has 0 spiro atoms. The number of carbonyl (C=O) groups is 1. The van der Waals surface area contributed by atoms with E-state index in [1.165, 1.54) is 31.4 Å². The monoisotopic (exact) mass is 540 g/mol. The van der Waals surface area contributed by atoms with Crippen LogP contribution < -0.4 is 14.2 Å². The van der Waals surface area contributed by atoms with Gasteiger partial charge >= 0.3 is 5.97 Å². The van der Waals surface area contributed by atoms with Gasteiger partial charge in [0, 0.05) is 23.4 Å². The molecule has 12 heteroatoms. The Balaban J connectivity index is 0.000000351. The van der Waals surface area contributed by atoms with Crippen molar-refractivity contribution in [1.82, 2.24) is 9.44 Å². The number of carboxylic acids is 1. The molecule has 2 rings (SSSR count). The van der Waals surface area contributed by atoms with E-state index in [-0.39, 0.29) is 22.8 Å². The average molecular weight is 541 g/mol. The fourth-order valence-corrected chi connectivity index (χ4v) is 4.56. The van der Waals surface area contributed by atoms with Crippen LogP contribution in [0.15, 0.2) is 82.5 Å². The van der Waals surface area contributed by atoms with E-state index < -0.39 is 26.0 Å². The third kappa shape index (κ3) is 10.5. The molecule has 9 nitrogen and oxygen atoms in total. The van der Waals surface area contributed by atoms with Crippen LogP contribution in [-0.2, 0) is 20.0 Å². The maximum absolute atomic E-state index is 11.9. The van der Waals surface area contributed by atoms with Crippen molar-refractivity contribution in [2.75, 3.05) is 20.2 Å². The smallest absolute Gasteiger partial charge is 0.335 e. The zero-order chi connectivity index (χ0) is 26.5. The fraction of sp³-hybridized carbons (Fsp3) is 0.174. The largest absolute Gasteiger partial charge is 0.495 e. The van der Waals surface area contributed by atoms with Crippen LogP contribution >= 0.6 is 12.6 Å². The lowest BCUT2D eigenvalue weighted by atomic mass is 10.2. The van der Waals surface area contributed by atoms with Gasteiger partial charge < -0.3 is 9.84 Å². The van der Waals surface area contributed by atoms with Gasteiger partial charge in [0.25, 0.3) is 0 Å². The minimum absolute atomic E-state index is 0.0444. The Morgan fingerprint density at radius 1 is 1.11 bits per heavy atom. The summed E-state index contributed by atoms with van der Waals surface area (Å²) in [5, 5.41) is 9.99. The number of nitrogens with one attached hydrogen (secondary N) is 2. The Morgan fingerprint density at radius 3 is 2.37 bits per heavy atom. The number of methoxy groups -OCH3 is 1. The second kappa shape index (κ2) is 14.5. The van der Waals surface area contributed by atoms with Gasteiger partial charge in [0.1, 0.15) is 10.6 Å². The summed E-state index contributed by atoms with van der Waals surface area (Å²) in [6.45, 7) is 5.57. The second-order valence-corrected chi connectivity index (χ2v) is 10.5. The third-order valence-corrected chi connectivity index (χ3v) is 7.03. The number of hydrogen-bond acceptors (Lipinski definition) is 7. The van der Waals surface area contributed by atoms with Gasteiger partial charge in [-0.15, -0.1) is 19.2 Å². The zero-order valence-electron chi connectivity index (χ0n) is 19.2. The predicted molar refractivity (Wildman–Crippen MR) is 140 cm³/mol. The first-order chi connectivity index (χ1) is 16.5. The molecule has 0 unspecified atom stereocenters. The Hall–Kier alpha value is -2.90. The van der Waals surface area contributed by atoms with E-state index in [1.54, 1.807) is 18.2 Å². The molecule has 0 amide bonds. The van der Waals surface area contributed by atoms with Crippen molar-refractivity contribution in [3.63, 3.8) is 0 Å². The molecular weight excluding hydrogens is 512 g/mol. The first-order valence-corrected chi connectivity index (χ1v) is 13.5. The van der Waals surface area contributed by atoms with Gasteiger partial charge in [-0.3, -0.25) is 0 Å². The molecule has 0 saturated heterocycles. The van der Waals surface area contributed by atoms with Crippen molar-refractivity contribution in [2.45, 2.75) is 16.7 Å². The molecule has 2 aromatic carbocycles. The SMILES string of the molecule is C/C=C\CNS(=O)(=O)/C=C/c1ccccc1S.C=CCNS(=O)(=O)c1cc(C(=O)O)ccc1OC. The van der Waals surface area contributed by atoms with E-state index in [1.807, 2.05) is 25.1 Å². The third-order valence-electron chi connectivity index (χ3n) is 4.12. The average Bonchev–Trinajstić information content (AvgIpc) is 2.82. The number of carboxylic acid groups (broad SMARTS) is 1. The molecule has 0 fully saturated rings. The highest BCUT2D eigenvalue weighted by atomic mass is 32.2. The summed E-state index contributed by atoms with van der Waals surface area (Å²) in [5.41, 5.74) is 0.641. The molecule has 3 N–H and O–H groups in total. The number of thiol groups is 1. The van der Waals surface area contributed by atoms with Gasteiger partial charge in [-0.1, -0.05) is 36.4 Å². The normalized spacial score (nSPS) is 11.7. The number of allylic oxidation sites excluding steroid dienone is 1.